The van der Waals surface area contributed by atoms with Crippen LogP contribution in [0.4, 0.5) is 17.1 Å². The molecule has 0 radical (unpaired) electrons. The average molecular weight is 371 g/mol. The normalized spacial score (nSPS) is 10.1. The highest BCUT2D eigenvalue weighted by Gasteiger charge is 2.08. The third-order valence-electron chi connectivity index (χ3n) is 3.51. The van der Waals surface area contributed by atoms with Crippen LogP contribution in [0.1, 0.15) is 13.8 Å². The van der Waals surface area contributed by atoms with Crippen LogP contribution in [0.15, 0.2) is 48.5 Å². The largest absolute Gasteiger partial charge is 0.489 e. The summed E-state index contributed by atoms with van der Waals surface area (Å²) < 4.78 is 10.9. The number of para-hydroxylation sites is 2. The summed E-state index contributed by atoms with van der Waals surface area (Å²) >= 11 is 0. The van der Waals surface area contributed by atoms with Gasteiger partial charge in [0, 0.05) is 24.9 Å². The fourth-order valence-corrected chi connectivity index (χ4v) is 2.30. The molecule has 2 rings (SSSR count). The molecule has 3 N–H and O–H groups in total. The number of anilines is 3. The van der Waals surface area contributed by atoms with E-state index in [-0.39, 0.29) is 18.4 Å². The fraction of sp³-hybridized carbons (Fsp3) is 0.300. The molecule has 0 heterocycles. The molecule has 2 aromatic carbocycles. The smallest absolute Gasteiger partial charge is 0.243 e. The molecule has 7 nitrogen and oxygen atoms in total. The van der Waals surface area contributed by atoms with Gasteiger partial charge in [-0.05, 0) is 43.3 Å². The quantitative estimate of drug-likeness (QED) is 0.559. The molecule has 7 heteroatoms. The number of carbonyl (C=O) groups excluding carboxylic acids is 2. The number of hydrogen-bond acceptors (Lipinski definition) is 5. The molecule has 27 heavy (non-hydrogen) atoms. The molecule has 0 atom stereocenters. The summed E-state index contributed by atoms with van der Waals surface area (Å²) in [6.45, 7) is 5.03. The number of amides is 2. The van der Waals surface area contributed by atoms with Crippen molar-refractivity contribution in [1.82, 2.24) is 0 Å². The molecule has 2 amide bonds. The zero-order valence-corrected chi connectivity index (χ0v) is 15.6. The van der Waals surface area contributed by atoms with Crippen molar-refractivity contribution in [3.63, 3.8) is 0 Å². The molecule has 0 unspecified atom stereocenters. The summed E-state index contributed by atoms with van der Waals surface area (Å²) in [5.74, 6) is 0.282. The van der Waals surface area contributed by atoms with Crippen LogP contribution in [-0.2, 0) is 14.3 Å². The first-order valence-corrected chi connectivity index (χ1v) is 8.79. The lowest BCUT2D eigenvalue weighted by Gasteiger charge is -2.13. The Labute approximate surface area is 159 Å². The summed E-state index contributed by atoms with van der Waals surface area (Å²) in [7, 11) is 0. The number of ether oxygens (including phenoxy) is 2. The Morgan fingerprint density at radius 3 is 2.33 bits per heavy atom. The van der Waals surface area contributed by atoms with E-state index in [0.717, 1.165) is 5.69 Å². The molecule has 0 saturated carbocycles. The van der Waals surface area contributed by atoms with Gasteiger partial charge in [-0.1, -0.05) is 12.1 Å². The second-order valence-corrected chi connectivity index (χ2v) is 5.70. The summed E-state index contributed by atoms with van der Waals surface area (Å²) in [6.07, 6.45) is 0. The van der Waals surface area contributed by atoms with Crippen molar-refractivity contribution >= 4 is 28.9 Å². The standard InChI is InChI=1S/C20H25N3O4/c1-3-26-12-13-27-19-7-5-4-6-18(19)23-20(25)14-21-16-8-10-17(11-9-16)22-15(2)24/h4-11,21H,3,12-14H2,1-2H3,(H,22,24)(H,23,25). The Morgan fingerprint density at radius 1 is 0.926 bits per heavy atom. The molecule has 0 aromatic heterocycles. The van der Waals surface area contributed by atoms with Crippen molar-refractivity contribution in [1.29, 1.82) is 0 Å². The van der Waals surface area contributed by atoms with E-state index in [1.807, 2.05) is 19.1 Å². The lowest BCUT2D eigenvalue weighted by atomic mass is 10.2. The van der Waals surface area contributed by atoms with Crippen LogP contribution >= 0.6 is 0 Å². The van der Waals surface area contributed by atoms with E-state index in [0.29, 0.717) is 36.9 Å². The van der Waals surface area contributed by atoms with Gasteiger partial charge < -0.3 is 25.4 Å². The maximum atomic E-state index is 12.2. The first-order valence-electron chi connectivity index (χ1n) is 8.79. The second kappa shape index (κ2) is 10.8. The fourth-order valence-electron chi connectivity index (χ4n) is 2.30. The molecule has 144 valence electrons. The van der Waals surface area contributed by atoms with E-state index in [1.54, 1.807) is 36.4 Å². The zero-order chi connectivity index (χ0) is 19.5. The zero-order valence-electron chi connectivity index (χ0n) is 15.6. The topological polar surface area (TPSA) is 88.7 Å². The predicted molar refractivity (Wildman–Crippen MR) is 106 cm³/mol. The highest BCUT2D eigenvalue weighted by molar-refractivity contribution is 5.95. The summed E-state index contributed by atoms with van der Waals surface area (Å²) in [6, 6.07) is 14.4. The van der Waals surface area contributed by atoms with Crippen LogP contribution in [-0.4, -0.2) is 38.2 Å². The van der Waals surface area contributed by atoms with Gasteiger partial charge in [0.05, 0.1) is 18.8 Å². The first kappa shape index (κ1) is 20.3. The van der Waals surface area contributed by atoms with Crippen LogP contribution in [0.3, 0.4) is 0 Å². The van der Waals surface area contributed by atoms with Crippen LogP contribution in [0.25, 0.3) is 0 Å². The summed E-state index contributed by atoms with van der Waals surface area (Å²) in [5.41, 5.74) is 2.10. The van der Waals surface area contributed by atoms with Gasteiger partial charge in [0.2, 0.25) is 11.8 Å². The van der Waals surface area contributed by atoms with Crippen molar-refractivity contribution in [3.8, 4) is 5.75 Å². The molecular formula is C20H25N3O4. The van der Waals surface area contributed by atoms with Gasteiger partial charge >= 0.3 is 0 Å². The number of hydrogen-bond donors (Lipinski definition) is 3. The second-order valence-electron chi connectivity index (χ2n) is 5.70. The lowest BCUT2D eigenvalue weighted by Crippen LogP contribution is -2.22. The maximum absolute atomic E-state index is 12.2. The highest BCUT2D eigenvalue weighted by atomic mass is 16.5. The summed E-state index contributed by atoms with van der Waals surface area (Å²) in [5, 5.41) is 8.57. The summed E-state index contributed by atoms with van der Waals surface area (Å²) in [4.78, 5) is 23.2. The van der Waals surface area contributed by atoms with Crippen molar-refractivity contribution < 1.29 is 19.1 Å². The van der Waals surface area contributed by atoms with E-state index in [1.165, 1.54) is 6.92 Å². The van der Waals surface area contributed by atoms with E-state index in [4.69, 9.17) is 9.47 Å². The van der Waals surface area contributed by atoms with Crippen molar-refractivity contribution in [2.75, 3.05) is 42.3 Å². The Bertz CT molecular complexity index is 747. The van der Waals surface area contributed by atoms with Crippen molar-refractivity contribution in [2.45, 2.75) is 13.8 Å². The van der Waals surface area contributed by atoms with Crippen molar-refractivity contribution in [2.24, 2.45) is 0 Å². The molecule has 2 aromatic rings. The highest BCUT2D eigenvalue weighted by Crippen LogP contribution is 2.23. The molecule has 0 fully saturated rings. The molecule has 0 saturated heterocycles. The van der Waals surface area contributed by atoms with Crippen LogP contribution in [0.2, 0.25) is 0 Å². The average Bonchev–Trinajstić information content (AvgIpc) is 2.65. The Hall–Kier alpha value is -3.06. The molecule has 0 aliphatic rings. The molecule has 0 aliphatic carbocycles. The van der Waals surface area contributed by atoms with Gasteiger partial charge in [0.1, 0.15) is 12.4 Å². The Morgan fingerprint density at radius 2 is 1.63 bits per heavy atom. The third-order valence-corrected chi connectivity index (χ3v) is 3.51. The van der Waals surface area contributed by atoms with Gasteiger partial charge in [0.15, 0.2) is 0 Å². The Kier molecular flexibility index (Phi) is 8.12. The maximum Gasteiger partial charge on any atom is 0.243 e. The van der Waals surface area contributed by atoms with E-state index in [2.05, 4.69) is 16.0 Å². The minimum absolute atomic E-state index is 0.104. The molecule has 0 bridgehead atoms. The van der Waals surface area contributed by atoms with E-state index < -0.39 is 0 Å². The number of benzene rings is 2. The van der Waals surface area contributed by atoms with Gasteiger partial charge in [-0.2, -0.15) is 0 Å². The van der Waals surface area contributed by atoms with Gasteiger partial charge in [-0.3, -0.25) is 9.59 Å². The Balaban J connectivity index is 1.84. The first-order chi connectivity index (χ1) is 13.1. The minimum Gasteiger partial charge on any atom is -0.489 e. The number of nitrogens with one attached hydrogen (secondary N) is 3. The number of carbonyl (C=O) groups is 2. The van der Waals surface area contributed by atoms with E-state index in [9.17, 15) is 9.59 Å². The minimum atomic E-state index is -0.193. The SMILES string of the molecule is CCOCCOc1ccccc1NC(=O)CNc1ccc(NC(C)=O)cc1. The number of rotatable bonds is 10. The predicted octanol–water partition coefficient (Wildman–Crippen LogP) is 3.11. The van der Waals surface area contributed by atoms with E-state index >= 15 is 0 Å². The van der Waals surface area contributed by atoms with Crippen molar-refractivity contribution in [3.05, 3.63) is 48.5 Å². The molecule has 0 spiro atoms. The van der Waals surface area contributed by atoms with Crippen LogP contribution in [0, 0.1) is 0 Å². The van der Waals surface area contributed by atoms with Gasteiger partial charge in [-0.15, -0.1) is 0 Å². The molecular weight excluding hydrogens is 346 g/mol. The van der Waals surface area contributed by atoms with Crippen LogP contribution < -0.4 is 20.7 Å². The molecule has 0 aliphatic heterocycles. The van der Waals surface area contributed by atoms with Gasteiger partial charge in [-0.25, -0.2) is 0 Å². The van der Waals surface area contributed by atoms with Crippen LogP contribution in [0.5, 0.6) is 5.75 Å². The van der Waals surface area contributed by atoms with Gasteiger partial charge in [0.25, 0.3) is 0 Å². The lowest BCUT2D eigenvalue weighted by molar-refractivity contribution is -0.115. The monoisotopic (exact) mass is 371 g/mol. The third kappa shape index (κ3) is 7.37.